The molecule has 4 N–H and O–H groups in total. The summed E-state index contributed by atoms with van der Waals surface area (Å²) < 4.78 is 5.58. The molecule has 0 spiro atoms. The van der Waals surface area contributed by atoms with Crippen molar-refractivity contribution in [1.82, 2.24) is 25.5 Å². The highest BCUT2D eigenvalue weighted by molar-refractivity contribution is 5.69. The van der Waals surface area contributed by atoms with Crippen molar-refractivity contribution in [3.8, 4) is 0 Å². The molecule has 2 saturated carbocycles. The van der Waals surface area contributed by atoms with Gasteiger partial charge in [0.15, 0.2) is 5.82 Å². The molecule has 2 aliphatic carbocycles. The summed E-state index contributed by atoms with van der Waals surface area (Å²) in [7, 11) is 0. The number of ether oxygens (including phenoxy) is 1. The fourth-order valence-electron chi connectivity index (χ4n) is 3.52. The van der Waals surface area contributed by atoms with Gasteiger partial charge in [-0.2, -0.15) is 5.10 Å². The molecule has 2 fully saturated rings. The Kier molecular flexibility index (Phi) is 4.94. The van der Waals surface area contributed by atoms with Crippen molar-refractivity contribution in [3.63, 3.8) is 0 Å². The Morgan fingerprint density at radius 1 is 1.28 bits per heavy atom. The first-order valence-electron chi connectivity index (χ1n) is 10.1. The highest BCUT2D eigenvalue weighted by Crippen LogP contribution is 2.37. The smallest absolute Gasteiger partial charge is 0.407 e. The zero-order valence-electron chi connectivity index (χ0n) is 17.0. The molecule has 0 aromatic carbocycles. The molecule has 2 atom stereocenters. The summed E-state index contributed by atoms with van der Waals surface area (Å²) in [6, 6.07) is 1.95. The van der Waals surface area contributed by atoms with Crippen LogP contribution in [-0.4, -0.2) is 43.0 Å². The van der Waals surface area contributed by atoms with Crippen LogP contribution in [0.5, 0.6) is 0 Å². The minimum absolute atomic E-state index is 0.0624. The highest BCUT2D eigenvalue weighted by Gasteiger charge is 2.40. The predicted molar refractivity (Wildman–Crippen MR) is 107 cm³/mol. The van der Waals surface area contributed by atoms with Crippen molar-refractivity contribution in [3.05, 3.63) is 29.8 Å². The van der Waals surface area contributed by atoms with E-state index in [0.29, 0.717) is 17.3 Å². The van der Waals surface area contributed by atoms with E-state index in [9.17, 15) is 9.90 Å². The molecule has 2 aliphatic rings. The molecule has 2 aromatic heterocycles. The van der Waals surface area contributed by atoms with Crippen molar-refractivity contribution in [2.24, 2.45) is 0 Å². The Morgan fingerprint density at radius 3 is 2.72 bits per heavy atom. The van der Waals surface area contributed by atoms with E-state index in [-0.39, 0.29) is 23.7 Å². The number of anilines is 2. The molecule has 156 valence electrons. The number of aromatic amines is 1. The van der Waals surface area contributed by atoms with Gasteiger partial charge in [0.05, 0.1) is 18.1 Å². The van der Waals surface area contributed by atoms with Gasteiger partial charge < -0.3 is 20.5 Å². The number of hydrogen-bond acceptors (Lipinski definition) is 7. The van der Waals surface area contributed by atoms with Gasteiger partial charge in [-0.15, -0.1) is 0 Å². The molecule has 0 aliphatic heterocycles. The van der Waals surface area contributed by atoms with Crippen LogP contribution in [0.1, 0.15) is 70.2 Å². The summed E-state index contributed by atoms with van der Waals surface area (Å²) in [4.78, 5) is 20.5. The Hall–Kier alpha value is -2.68. The molecule has 1 amide bonds. The fraction of sp³-hybridized carbons (Fsp3) is 0.600. The summed E-state index contributed by atoms with van der Waals surface area (Å²) >= 11 is 0. The number of carbonyl (C=O) groups is 1. The van der Waals surface area contributed by atoms with Crippen LogP contribution in [0.3, 0.4) is 0 Å². The lowest BCUT2D eigenvalue weighted by molar-refractivity contribution is 0.0734. The summed E-state index contributed by atoms with van der Waals surface area (Å²) in [5.74, 6) is 1.47. The topological polar surface area (TPSA) is 125 Å². The monoisotopic (exact) mass is 400 g/mol. The number of aromatic nitrogens is 4. The van der Waals surface area contributed by atoms with Crippen molar-refractivity contribution < 1.29 is 14.6 Å². The third-order valence-electron chi connectivity index (χ3n) is 5.63. The third kappa shape index (κ3) is 4.84. The minimum atomic E-state index is -1.03. The van der Waals surface area contributed by atoms with Crippen LogP contribution in [0.4, 0.5) is 16.4 Å². The number of hydrogen-bond donors (Lipinski definition) is 4. The van der Waals surface area contributed by atoms with Crippen LogP contribution in [-0.2, 0) is 10.3 Å². The second kappa shape index (κ2) is 7.29. The van der Waals surface area contributed by atoms with E-state index in [1.165, 1.54) is 0 Å². The van der Waals surface area contributed by atoms with Gasteiger partial charge in [-0.1, -0.05) is 0 Å². The largest absolute Gasteiger partial charge is 0.446 e. The molecule has 2 heterocycles. The maximum atomic E-state index is 12.0. The summed E-state index contributed by atoms with van der Waals surface area (Å²) in [6.07, 6.45) is 7.34. The summed E-state index contributed by atoms with van der Waals surface area (Å²) in [5.41, 5.74) is 0.420. The van der Waals surface area contributed by atoms with Crippen molar-refractivity contribution in [2.75, 3.05) is 5.32 Å². The van der Waals surface area contributed by atoms with Crippen LogP contribution in [0, 0.1) is 0 Å². The predicted octanol–water partition coefficient (Wildman–Crippen LogP) is 3.09. The first-order valence-corrected chi connectivity index (χ1v) is 10.1. The lowest BCUT2D eigenvalue weighted by atomic mass is 10.0. The first-order chi connectivity index (χ1) is 13.7. The van der Waals surface area contributed by atoms with E-state index < -0.39 is 5.60 Å². The first kappa shape index (κ1) is 19.6. The minimum Gasteiger partial charge on any atom is -0.446 e. The Balaban J connectivity index is 1.30. The van der Waals surface area contributed by atoms with Crippen molar-refractivity contribution in [2.45, 2.75) is 76.0 Å². The van der Waals surface area contributed by atoms with Gasteiger partial charge in [-0.3, -0.25) is 10.1 Å². The second-order valence-electron chi connectivity index (χ2n) is 8.90. The Bertz CT molecular complexity index is 869. The number of aliphatic hydroxyl groups is 1. The molecule has 2 aromatic rings. The molecule has 0 saturated heterocycles. The zero-order chi connectivity index (χ0) is 20.6. The number of amides is 1. The Labute approximate surface area is 169 Å². The normalized spacial score (nSPS) is 22.9. The second-order valence-corrected chi connectivity index (χ2v) is 8.90. The number of H-pyrrole nitrogens is 1. The van der Waals surface area contributed by atoms with Crippen LogP contribution >= 0.6 is 0 Å². The van der Waals surface area contributed by atoms with Crippen LogP contribution in [0.2, 0.25) is 0 Å². The quantitative estimate of drug-likeness (QED) is 0.587. The number of carbonyl (C=O) groups excluding carboxylic acids is 1. The maximum absolute atomic E-state index is 12.0. The summed E-state index contributed by atoms with van der Waals surface area (Å²) in [5, 5.41) is 23.4. The lowest BCUT2D eigenvalue weighted by Crippen LogP contribution is -2.36. The standard InChI is InChI=1S/C20H28N6O3/c1-19(2,28)15-10-22-17(11-21-15)23-16-9-14(25-26-16)12-4-5-13(8-12)29-18(27)24-20(3)6-7-20/h9-13,28H,4-8H2,1-3H3,(H,24,27)(H2,22,23,25,26)/t12-,13+/m0/s1. The van der Waals surface area contributed by atoms with E-state index in [2.05, 4.69) is 30.8 Å². The highest BCUT2D eigenvalue weighted by atomic mass is 16.6. The van der Waals surface area contributed by atoms with Gasteiger partial charge in [-0.25, -0.2) is 9.78 Å². The number of alkyl carbamates (subject to hydrolysis) is 1. The van der Waals surface area contributed by atoms with E-state index in [1.807, 2.05) is 13.0 Å². The van der Waals surface area contributed by atoms with E-state index in [1.54, 1.807) is 26.2 Å². The Morgan fingerprint density at radius 2 is 2.07 bits per heavy atom. The van der Waals surface area contributed by atoms with Crippen molar-refractivity contribution in [1.29, 1.82) is 0 Å². The lowest BCUT2D eigenvalue weighted by Gasteiger charge is -2.16. The van der Waals surface area contributed by atoms with Gasteiger partial charge in [0.25, 0.3) is 0 Å². The SMILES string of the molecule is CC1(NC(=O)O[C@@H]2CC[C@H](c3cc(Nc4cnc(C(C)(C)O)cn4)n[nH]3)C2)CC1. The molecule has 9 nitrogen and oxygen atoms in total. The molecule has 0 unspecified atom stereocenters. The van der Waals surface area contributed by atoms with Crippen molar-refractivity contribution >= 4 is 17.7 Å². The van der Waals surface area contributed by atoms with E-state index in [4.69, 9.17) is 4.74 Å². The van der Waals surface area contributed by atoms with Gasteiger partial charge in [0, 0.05) is 23.2 Å². The average molecular weight is 400 g/mol. The third-order valence-corrected chi connectivity index (χ3v) is 5.63. The van der Waals surface area contributed by atoms with Crippen LogP contribution in [0.25, 0.3) is 0 Å². The van der Waals surface area contributed by atoms with Crippen LogP contribution < -0.4 is 10.6 Å². The molecule has 29 heavy (non-hydrogen) atoms. The summed E-state index contributed by atoms with van der Waals surface area (Å²) in [6.45, 7) is 5.37. The van der Waals surface area contributed by atoms with Gasteiger partial charge >= 0.3 is 6.09 Å². The number of nitrogens with zero attached hydrogens (tertiary/aromatic N) is 3. The molecule has 0 bridgehead atoms. The maximum Gasteiger partial charge on any atom is 0.407 e. The number of nitrogens with one attached hydrogen (secondary N) is 3. The molecular weight excluding hydrogens is 372 g/mol. The van der Waals surface area contributed by atoms with E-state index in [0.717, 1.165) is 37.8 Å². The number of rotatable bonds is 6. The molecule has 9 heteroatoms. The van der Waals surface area contributed by atoms with E-state index >= 15 is 0 Å². The molecule has 0 radical (unpaired) electrons. The van der Waals surface area contributed by atoms with Gasteiger partial charge in [0.1, 0.15) is 17.5 Å². The zero-order valence-corrected chi connectivity index (χ0v) is 17.0. The van der Waals surface area contributed by atoms with Gasteiger partial charge in [0.2, 0.25) is 0 Å². The molecule has 4 rings (SSSR count). The van der Waals surface area contributed by atoms with Gasteiger partial charge in [-0.05, 0) is 52.9 Å². The average Bonchev–Trinajstić information content (AvgIpc) is 3.04. The van der Waals surface area contributed by atoms with Crippen LogP contribution in [0.15, 0.2) is 18.5 Å². The fourth-order valence-corrected chi connectivity index (χ4v) is 3.52. The molecular formula is C20H28N6O3.